The number of carbonyl (C=O) groups excluding carboxylic acids is 2. The van der Waals surface area contributed by atoms with E-state index in [9.17, 15) is 36.6 Å². The number of nitrogens with zero attached hydrogens (tertiary/aromatic N) is 1. The number of halogens is 6. The highest BCUT2D eigenvalue weighted by Gasteiger charge is 2.45. The summed E-state index contributed by atoms with van der Waals surface area (Å²) >= 11 is 0. The van der Waals surface area contributed by atoms with Crippen LogP contribution in [0.25, 0.3) is 0 Å². The first-order valence-corrected chi connectivity index (χ1v) is 14.7. The van der Waals surface area contributed by atoms with Gasteiger partial charge in [0, 0.05) is 49.5 Å². The van der Waals surface area contributed by atoms with Gasteiger partial charge in [-0.05, 0) is 78.8 Å². The molecule has 1 heterocycles. The Balaban J connectivity index is 0.00000480. The van der Waals surface area contributed by atoms with Crippen LogP contribution in [0.5, 0.6) is 0 Å². The molecule has 5 rings (SSSR count). The molecule has 0 bridgehead atoms. The zero-order valence-electron chi connectivity index (χ0n) is 25.0. The number of methoxy groups -OCH3 is 1. The average Bonchev–Trinajstić information content (AvgIpc) is 3.79. The molecule has 1 aliphatic heterocycles. The van der Waals surface area contributed by atoms with E-state index in [1.165, 1.54) is 6.07 Å². The number of aliphatic hydroxyl groups excluding tert-OH is 1. The van der Waals surface area contributed by atoms with E-state index < -0.39 is 47.0 Å². The van der Waals surface area contributed by atoms with Crippen LogP contribution in [0.4, 0.5) is 22.0 Å². The number of alkyl halides is 3. The smallest absolute Gasteiger partial charge is 0.390 e. The Morgan fingerprint density at radius 1 is 1.07 bits per heavy atom. The third kappa shape index (κ3) is 8.03. The van der Waals surface area contributed by atoms with E-state index in [1.807, 2.05) is 0 Å². The van der Waals surface area contributed by atoms with Gasteiger partial charge < -0.3 is 25.4 Å². The number of amides is 2. The van der Waals surface area contributed by atoms with Crippen LogP contribution in [0.2, 0.25) is 0 Å². The minimum Gasteiger partial charge on any atom is -0.390 e. The fourth-order valence-corrected chi connectivity index (χ4v) is 5.84. The van der Waals surface area contributed by atoms with Gasteiger partial charge in [-0.15, -0.1) is 12.4 Å². The Labute approximate surface area is 269 Å². The Bertz CT molecular complexity index is 1550. The average molecular weight is 668 g/mol. The Hall–Kier alpha value is -3.58. The summed E-state index contributed by atoms with van der Waals surface area (Å²) in [7, 11) is 1.54. The summed E-state index contributed by atoms with van der Waals surface area (Å²) in [6, 6.07) is 11.7. The maximum Gasteiger partial charge on any atom is 0.416 e. The summed E-state index contributed by atoms with van der Waals surface area (Å²) < 4.78 is 73.2. The number of aliphatic hydroxyl groups is 1. The number of ether oxygens (including phenoxy) is 1. The van der Waals surface area contributed by atoms with Gasteiger partial charge in [-0.1, -0.05) is 18.2 Å². The highest BCUT2D eigenvalue weighted by molar-refractivity contribution is 6.03. The lowest BCUT2D eigenvalue weighted by atomic mass is 9.92. The summed E-state index contributed by atoms with van der Waals surface area (Å²) in [5.74, 6) is -2.45. The molecule has 0 spiro atoms. The van der Waals surface area contributed by atoms with Gasteiger partial charge in [0.05, 0.1) is 24.3 Å². The lowest BCUT2D eigenvalue weighted by Gasteiger charge is -2.30. The molecule has 0 unspecified atom stereocenters. The molecular weight excluding hydrogens is 633 g/mol. The molecule has 13 heteroatoms. The number of hydrogen-bond acceptors (Lipinski definition) is 5. The topological polar surface area (TPSA) is 90.9 Å². The Kier molecular flexibility index (Phi) is 11.1. The Morgan fingerprint density at radius 2 is 1.76 bits per heavy atom. The van der Waals surface area contributed by atoms with Crippen molar-refractivity contribution in [2.75, 3.05) is 33.4 Å². The fourth-order valence-electron chi connectivity index (χ4n) is 5.84. The molecule has 46 heavy (non-hydrogen) atoms. The second kappa shape index (κ2) is 14.5. The quantitative estimate of drug-likeness (QED) is 0.236. The van der Waals surface area contributed by atoms with Gasteiger partial charge >= 0.3 is 6.18 Å². The largest absolute Gasteiger partial charge is 0.416 e. The fraction of sp³-hybridized carbons (Fsp3) is 0.394. The predicted octanol–water partition coefficient (Wildman–Crippen LogP) is 5.03. The number of benzene rings is 3. The van der Waals surface area contributed by atoms with Crippen LogP contribution in [0, 0.1) is 11.6 Å². The van der Waals surface area contributed by atoms with Crippen LogP contribution >= 0.6 is 12.4 Å². The number of nitrogens with one attached hydrogen (secondary N) is 2. The molecule has 2 amide bonds. The maximum atomic E-state index is 14.0. The van der Waals surface area contributed by atoms with Crippen LogP contribution in [-0.4, -0.2) is 67.3 Å². The van der Waals surface area contributed by atoms with Crippen molar-refractivity contribution in [3.63, 3.8) is 0 Å². The lowest BCUT2D eigenvalue weighted by Crippen LogP contribution is -2.50. The van der Waals surface area contributed by atoms with Gasteiger partial charge in [0.25, 0.3) is 11.8 Å². The maximum absolute atomic E-state index is 14.0. The van der Waals surface area contributed by atoms with Crippen molar-refractivity contribution in [1.29, 1.82) is 0 Å². The van der Waals surface area contributed by atoms with Gasteiger partial charge in [0.2, 0.25) is 0 Å². The first-order valence-electron chi connectivity index (χ1n) is 14.7. The molecule has 3 aromatic carbocycles. The predicted molar refractivity (Wildman–Crippen MR) is 163 cm³/mol. The summed E-state index contributed by atoms with van der Waals surface area (Å²) in [6.45, 7) is 1.03. The second-order valence-electron chi connectivity index (χ2n) is 11.5. The first kappa shape index (κ1) is 35.3. The number of hydrogen-bond donors (Lipinski definition) is 3. The minimum absolute atomic E-state index is 0. The van der Waals surface area contributed by atoms with Crippen molar-refractivity contribution in [3.05, 3.63) is 106 Å². The van der Waals surface area contributed by atoms with Crippen molar-refractivity contribution >= 4 is 24.2 Å². The Morgan fingerprint density at radius 3 is 2.41 bits per heavy atom. The number of rotatable bonds is 12. The lowest BCUT2D eigenvalue weighted by molar-refractivity contribution is -0.137. The zero-order chi connectivity index (χ0) is 32.4. The van der Waals surface area contributed by atoms with Gasteiger partial charge in [0.15, 0.2) is 0 Å². The zero-order valence-corrected chi connectivity index (χ0v) is 25.8. The molecule has 3 aromatic rings. The molecule has 0 radical (unpaired) electrons. The summed E-state index contributed by atoms with van der Waals surface area (Å²) in [5.41, 5.74) is 0.234. The van der Waals surface area contributed by atoms with Crippen molar-refractivity contribution in [2.45, 2.75) is 49.5 Å². The van der Waals surface area contributed by atoms with Crippen molar-refractivity contribution in [2.24, 2.45) is 0 Å². The highest BCUT2D eigenvalue weighted by atomic mass is 35.5. The number of fused-ring (bicyclic) bond motifs is 1. The van der Waals surface area contributed by atoms with Crippen LogP contribution in [0.1, 0.15) is 55.8 Å². The molecule has 7 nitrogen and oxygen atoms in total. The highest BCUT2D eigenvalue weighted by Crippen LogP contribution is 2.46. The minimum atomic E-state index is -4.51. The standard InChI is InChI=1S/C33H34F5N3O4.ClH/c1-45-13-12-41-11-8-25-26(6-3-7-27(25)31(41)44)30(43)40-28(16-20-14-23(34)18-24(35)15-20)29(42)19-39-32(9-10-32)21-4-2-5-22(17-21)33(36,37)38;/h2-7,14-15,17-18,28-29,39,42H,8-13,16,19H2,1H3,(H,40,43);1H/t28-,29+;/m0./s1. The van der Waals surface area contributed by atoms with Crippen LogP contribution in [-0.2, 0) is 29.3 Å². The molecule has 1 fully saturated rings. The van der Waals surface area contributed by atoms with Crippen molar-refractivity contribution in [3.8, 4) is 0 Å². The summed E-state index contributed by atoms with van der Waals surface area (Å²) in [6.07, 6.45) is -4.45. The van der Waals surface area contributed by atoms with Gasteiger partial charge in [-0.2, -0.15) is 13.2 Å². The van der Waals surface area contributed by atoms with Gasteiger partial charge in [0.1, 0.15) is 11.6 Å². The van der Waals surface area contributed by atoms with E-state index in [2.05, 4.69) is 10.6 Å². The molecule has 1 saturated carbocycles. The van der Waals surface area contributed by atoms with E-state index >= 15 is 0 Å². The molecule has 1 aliphatic carbocycles. The summed E-state index contributed by atoms with van der Waals surface area (Å²) in [5, 5.41) is 17.3. The third-order valence-corrected chi connectivity index (χ3v) is 8.44. The molecule has 0 saturated heterocycles. The normalized spacial score (nSPS) is 16.7. The number of carbonyl (C=O) groups is 2. The van der Waals surface area contributed by atoms with Crippen LogP contribution < -0.4 is 10.6 Å². The van der Waals surface area contributed by atoms with E-state index in [4.69, 9.17) is 4.74 Å². The molecule has 248 valence electrons. The monoisotopic (exact) mass is 667 g/mol. The van der Waals surface area contributed by atoms with Gasteiger partial charge in [-0.3, -0.25) is 9.59 Å². The van der Waals surface area contributed by atoms with E-state index in [0.29, 0.717) is 61.7 Å². The van der Waals surface area contributed by atoms with Crippen molar-refractivity contribution in [1.82, 2.24) is 15.5 Å². The van der Waals surface area contributed by atoms with Crippen LogP contribution in [0.3, 0.4) is 0 Å². The third-order valence-electron chi connectivity index (χ3n) is 8.44. The second-order valence-corrected chi connectivity index (χ2v) is 11.5. The first-order chi connectivity index (χ1) is 21.4. The van der Waals surface area contributed by atoms with E-state index in [-0.39, 0.29) is 42.4 Å². The molecular formula is C33H35ClF5N3O4. The SMILES string of the molecule is COCCN1CCc2c(C(=O)N[C@@H](Cc3cc(F)cc(F)c3)[C@H](O)CNC3(c4cccc(C(F)(F)F)c4)CC3)cccc2C1=O.Cl. The molecule has 3 N–H and O–H groups in total. The molecule has 2 atom stereocenters. The van der Waals surface area contributed by atoms with Crippen molar-refractivity contribution < 1.29 is 41.4 Å². The van der Waals surface area contributed by atoms with Gasteiger partial charge in [-0.25, -0.2) is 8.78 Å². The molecule has 0 aromatic heterocycles. The molecule has 2 aliphatic rings. The van der Waals surface area contributed by atoms with E-state index in [1.54, 1.807) is 36.3 Å². The van der Waals surface area contributed by atoms with E-state index in [0.717, 1.165) is 24.3 Å². The summed E-state index contributed by atoms with van der Waals surface area (Å²) in [4.78, 5) is 28.3. The van der Waals surface area contributed by atoms with Crippen LogP contribution in [0.15, 0.2) is 60.7 Å².